The number of aromatic nitrogens is 1. The van der Waals surface area contributed by atoms with Crippen molar-refractivity contribution in [1.29, 1.82) is 0 Å². The summed E-state index contributed by atoms with van der Waals surface area (Å²) in [5.41, 5.74) is 7.37. The number of nitrogens with zero attached hydrogens (tertiary/aromatic N) is 1. The van der Waals surface area contributed by atoms with Gasteiger partial charge in [0.05, 0.1) is 17.6 Å². The van der Waals surface area contributed by atoms with Gasteiger partial charge < -0.3 is 15.8 Å². The van der Waals surface area contributed by atoms with Crippen LogP contribution in [0.3, 0.4) is 0 Å². The monoisotopic (exact) mass is 223 g/mol. The number of pyridine rings is 1. The molecule has 1 rings (SSSR count). The molecule has 0 spiro atoms. The van der Waals surface area contributed by atoms with Crippen LogP contribution in [0.4, 0.5) is 11.4 Å². The zero-order chi connectivity index (χ0) is 11.8. The first-order valence-electron chi connectivity index (χ1n) is 5.71. The molecule has 1 heterocycles. The molecule has 0 aromatic carbocycles. The maximum absolute atomic E-state index is 5.74. The highest BCUT2D eigenvalue weighted by atomic mass is 16.5. The van der Waals surface area contributed by atoms with Gasteiger partial charge in [-0.05, 0) is 18.4 Å². The Morgan fingerprint density at radius 2 is 2.31 bits per heavy atom. The molecule has 0 saturated heterocycles. The Morgan fingerprint density at radius 1 is 1.50 bits per heavy atom. The smallest absolute Gasteiger partial charge is 0.0736 e. The molecule has 4 nitrogen and oxygen atoms in total. The van der Waals surface area contributed by atoms with E-state index in [0.717, 1.165) is 31.9 Å². The summed E-state index contributed by atoms with van der Waals surface area (Å²) in [6, 6.07) is 1.88. The molecular formula is C12H21N3O. The molecule has 3 N–H and O–H groups in total. The maximum Gasteiger partial charge on any atom is 0.0736 e. The van der Waals surface area contributed by atoms with E-state index >= 15 is 0 Å². The van der Waals surface area contributed by atoms with E-state index in [2.05, 4.69) is 24.1 Å². The fourth-order valence-electron chi connectivity index (χ4n) is 1.28. The minimum Gasteiger partial charge on any atom is -0.396 e. The third-order valence-corrected chi connectivity index (χ3v) is 2.08. The maximum atomic E-state index is 5.74. The van der Waals surface area contributed by atoms with Crippen LogP contribution in [-0.4, -0.2) is 24.7 Å². The van der Waals surface area contributed by atoms with Gasteiger partial charge in [0.15, 0.2) is 0 Å². The Kier molecular flexibility index (Phi) is 5.64. The molecule has 0 aliphatic rings. The molecule has 0 unspecified atom stereocenters. The highest BCUT2D eigenvalue weighted by Crippen LogP contribution is 2.14. The van der Waals surface area contributed by atoms with Crippen molar-refractivity contribution < 1.29 is 4.74 Å². The molecule has 1 aromatic rings. The van der Waals surface area contributed by atoms with Crippen LogP contribution >= 0.6 is 0 Å². The molecule has 0 radical (unpaired) electrons. The summed E-state index contributed by atoms with van der Waals surface area (Å²) in [6.07, 6.45) is 4.36. The van der Waals surface area contributed by atoms with E-state index in [1.807, 2.05) is 6.07 Å². The summed E-state index contributed by atoms with van der Waals surface area (Å²) >= 11 is 0. The Hall–Kier alpha value is -1.29. The highest BCUT2D eigenvalue weighted by Gasteiger charge is 1.97. The zero-order valence-corrected chi connectivity index (χ0v) is 10.1. The summed E-state index contributed by atoms with van der Waals surface area (Å²) in [5.74, 6) is 0.601. The molecule has 0 aliphatic heterocycles. The summed E-state index contributed by atoms with van der Waals surface area (Å²) < 4.78 is 5.48. The van der Waals surface area contributed by atoms with Crippen molar-refractivity contribution in [2.45, 2.75) is 20.3 Å². The average molecular weight is 223 g/mol. The van der Waals surface area contributed by atoms with E-state index in [-0.39, 0.29) is 0 Å². The van der Waals surface area contributed by atoms with Gasteiger partial charge in [-0.15, -0.1) is 0 Å². The highest BCUT2D eigenvalue weighted by molar-refractivity contribution is 5.63. The van der Waals surface area contributed by atoms with Gasteiger partial charge in [0.2, 0.25) is 0 Å². The van der Waals surface area contributed by atoms with Crippen molar-refractivity contribution >= 4 is 11.4 Å². The van der Waals surface area contributed by atoms with E-state index in [1.165, 1.54) is 0 Å². The van der Waals surface area contributed by atoms with Crippen LogP contribution in [0.15, 0.2) is 18.5 Å². The normalized spacial score (nSPS) is 10.7. The van der Waals surface area contributed by atoms with Crippen molar-refractivity contribution in [3.63, 3.8) is 0 Å². The average Bonchev–Trinajstić information content (AvgIpc) is 2.25. The molecule has 90 valence electrons. The van der Waals surface area contributed by atoms with Crippen LogP contribution in [0.2, 0.25) is 0 Å². The number of nitrogen functional groups attached to an aromatic ring is 1. The molecule has 4 heteroatoms. The summed E-state index contributed by atoms with van der Waals surface area (Å²) in [4.78, 5) is 3.93. The number of rotatable bonds is 7. The molecule has 0 saturated carbocycles. The fourth-order valence-corrected chi connectivity index (χ4v) is 1.28. The van der Waals surface area contributed by atoms with E-state index < -0.39 is 0 Å². The second-order valence-electron chi connectivity index (χ2n) is 4.21. The van der Waals surface area contributed by atoms with Crippen molar-refractivity contribution in [2.24, 2.45) is 5.92 Å². The van der Waals surface area contributed by atoms with Crippen molar-refractivity contribution in [2.75, 3.05) is 30.8 Å². The van der Waals surface area contributed by atoms with Crippen LogP contribution in [0.5, 0.6) is 0 Å². The van der Waals surface area contributed by atoms with Gasteiger partial charge in [0.1, 0.15) is 0 Å². The molecule has 0 atom stereocenters. The number of ether oxygens (including phenoxy) is 1. The SMILES string of the molecule is CC(C)COCCCNc1ccncc1N. The van der Waals surface area contributed by atoms with Gasteiger partial charge >= 0.3 is 0 Å². The number of nitrogens with two attached hydrogens (primary N) is 1. The van der Waals surface area contributed by atoms with E-state index in [1.54, 1.807) is 12.4 Å². The molecule has 1 aromatic heterocycles. The zero-order valence-electron chi connectivity index (χ0n) is 10.1. The van der Waals surface area contributed by atoms with Crippen LogP contribution in [0, 0.1) is 5.92 Å². The summed E-state index contributed by atoms with van der Waals surface area (Å²) in [5, 5.41) is 3.26. The standard InChI is InChI=1S/C12H21N3O/c1-10(2)9-16-7-3-5-15-12-4-6-14-8-11(12)13/h4,6,8,10H,3,5,7,9,13H2,1-2H3,(H,14,15). The first-order chi connectivity index (χ1) is 7.70. The van der Waals surface area contributed by atoms with Gasteiger partial charge in [-0.3, -0.25) is 4.98 Å². The Labute approximate surface area is 97.2 Å². The first kappa shape index (κ1) is 12.8. The van der Waals surface area contributed by atoms with Crippen LogP contribution < -0.4 is 11.1 Å². The lowest BCUT2D eigenvalue weighted by atomic mass is 10.2. The van der Waals surface area contributed by atoms with E-state index in [4.69, 9.17) is 10.5 Å². The predicted molar refractivity (Wildman–Crippen MR) is 67.4 cm³/mol. The van der Waals surface area contributed by atoms with Gasteiger partial charge in [0, 0.05) is 26.0 Å². The molecule has 0 fully saturated rings. The van der Waals surface area contributed by atoms with Gasteiger partial charge in [-0.25, -0.2) is 0 Å². The minimum absolute atomic E-state index is 0.601. The summed E-state index contributed by atoms with van der Waals surface area (Å²) in [7, 11) is 0. The fraction of sp³-hybridized carbons (Fsp3) is 0.583. The van der Waals surface area contributed by atoms with Crippen molar-refractivity contribution in [3.05, 3.63) is 18.5 Å². The minimum atomic E-state index is 0.601. The van der Waals surface area contributed by atoms with Crippen LogP contribution in [-0.2, 0) is 4.74 Å². The van der Waals surface area contributed by atoms with Gasteiger partial charge in [-0.1, -0.05) is 13.8 Å². The number of nitrogens with one attached hydrogen (secondary N) is 1. The predicted octanol–water partition coefficient (Wildman–Crippen LogP) is 2.14. The molecule has 0 aliphatic carbocycles. The third kappa shape index (κ3) is 4.98. The quantitative estimate of drug-likeness (QED) is 0.695. The lowest BCUT2D eigenvalue weighted by molar-refractivity contribution is 0.110. The van der Waals surface area contributed by atoms with E-state index in [9.17, 15) is 0 Å². The number of anilines is 2. The second kappa shape index (κ2) is 7.06. The van der Waals surface area contributed by atoms with Crippen molar-refractivity contribution in [3.8, 4) is 0 Å². The molecule has 0 bridgehead atoms. The Morgan fingerprint density at radius 3 is 3.00 bits per heavy atom. The van der Waals surface area contributed by atoms with Gasteiger partial charge in [0.25, 0.3) is 0 Å². The summed E-state index contributed by atoms with van der Waals surface area (Å²) in [6.45, 7) is 6.78. The van der Waals surface area contributed by atoms with Crippen LogP contribution in [0.25, 0.3) is 0 Å². The number of hydrogen-bond acceptors (Lipinski definition) is 4. The largest absolute Gasteiger partial charge is 0.396 e. The topological polar surface area (TPSA) is 60.2 Å². The first-order valence-corrected chi connectivity index (χ1v) is 5.71. The molecular weight excluding hydrogens is 202 g/mol. The Balaban J connectivity index is 2.10. The molecule has 16 heavy (non-hydrogen) atoms. The molecule has 0 amide bonds. The lowest BCUT2D eigenvalue weighted by Crippen LogP contribution is -2.09. The number of hydrogen-bond donors (Lipinski definition) is 2. The van der Waals surface area contributed by atoms with Crippen LogP contribution in [0.1, 0.15) is 20.3 Å². The van der Waals surface area contributed by atoms with Crippen molar-refractivity contribution in [1.82, 2.24) is 4.98 Å². The third-order valence-electron chi connectivity index (χ3n) is 2.08. The second-order valence-corrected chi connectivity index (χ2v) is 4.21. The van der Waals surface area contributed by atoms with Gasteiger partial charge in [-0.2, -0.15) is 0 Å². The Bertz CT molecular complexity index is 302. The van der Waals surface area contributed by atoms with E-state index in [0.29, 0.717) is 11.6 Å². The lowest BCUT2D eigenvalue weighted by Gasteiger charge is -2.09.